The zero-order valence-corrected chi connectivity index (χ0v) is 16.6. The van der Waals surface area contributed by atoms with E-state index in [2.05, 4.69) is 42.8 Å². The molecule has 1 fully saturated rings. The molecule has 1 saturated heterocycles. The number of piperidine rings is 1. The monoisotopic (exact) mass is 387 g/mol. The lowest BCUT2D eigenvalue weighted by Crippen LogP contribution is -2.52. The first-order valence-corrected chi connectivity index (χ1v) is 9.51. The van der Waals surface area contributed by atoms with Crippen LogP contribution in [0.15, 0.2) is 24.3 Å². The molecule has 0 spiro atoms. The Kier molecular flexibility index (Phi) is 6.91. The van der Waals surface area contributed by atoms with E-state index in [-0.39, 0.29) is 6.04 Å². The number of benzene rings is 1. The van der Waals surface area contributed by atoms with Crippen LogP contribution in [-0.4, -0.2) is 46.1 Å². The van der Waals surface area contributed by atoms with Gasteiger partial charge in [-0.25, -0.2) is 0 Å². The molecular weight excluding hydrogens is 359 g/mol. The van der Waals surface area contributed by atoms with Crippen molar-refractivity contribution in [1.82, 2.24) is 9.80 Å². The van der Waals surface area contributed by atoms with Gasteiger partial charge in [-0.3, -0.25) is 0 Å². The number of alkyl halides is 3. The van der Waals surface area contributed by atoms with Crippen molar-refractivity contribution < 1.29 is 13.2 Å². The molecule has 146 valence electrons. The van der Waals surface area contributed by atoms with Gasteiger partial charge in [-0.15, -0.1) is 0 Å². The molecule has 1 aromatic carbocycles. The standard InChI is InChI=1S/C19H28F3N3S/c1-13(2)24-10-8-17(9-11-24)25(14(3)4)18(26)23-16-7-5-6-15(12-16)19(20,21)22/h5-7,12-14,17H,8-11H2,1-4H3,(H,23,26). The normalized spacial score (nSPS) is 17.0. The number of rotatable bonds is 4. The van der Waals surface area contributed by atoms with Crippen molar-refractivity contribution in [3.05, 3.63) is 29.8 Å². The van der Waals surface area contributed by atoms with Crippen LogP contribution in [0, 0.1) is 0 Å². The van der Waals surface area contributed by atoms with Gasteiger partial charge in [0.15, 0.2) is 5.11 Å². The number of anilines is 1. The van der Waals surface area contributed by atoms with E-state index in [1.54, 1.807) is 6.07 Å². The first-order chi connectivity index (χ1) is 12.1. The van der Waals surface area contributed by atoms with E-state index in [1.165, 1.54) is 6.07 Å². The number of likely N-dealkylation sites (tertiary alicyclic amines) is 1. The summed E-state index contributed by atoms with van der Waals surface area (Å²) >= 11 is 5.55. The number of nitrogens with zero attached hydrogens (tertiary/aromatic N) is 2. The minimum Gasteiger partial charge on any atom is -0.344 e. The molecule has 0 aromatic heterocycles. The first-order valence-electron chi connectivity index (χ1n) is 9.10. The largest absolute Gasteiger partial charge is 0.416 e. The molecule has 3 nitrogen and oxygen atoms in total. The fourth-order valence-electron chi connectivity index (χ4n) is 3.46. The molecule has 0 atom stereocenters. The van der Waals surface area contributed by atoms with Gasteiger partial charge in [-0.2, -0.15) is 13.2 Å². The number of hydrogen-bond acceptors (Lipinski definition) is 2. The molecule has 1 aliphatic rings. The molecule has 2 rings (SSSR count). The van der Waals surface area contributed by atoms with Crippen molar-refractivity contribution in [3.63, 3.8) is 0 Å². The number of halogens is 3. The summed E-state index contributed by atoms with van der Waals surface area (Å²) in [4.78, 5) is 4.57. The predicted octanol–water partition coefficient (Wildman–Crippen LogP) is 4.99. The Hall–Kier alpha value is -1.34. The van der Waals surface area contributed by atoms with Gasteiger partial charge < -0.3 is 15.1 Å². The van der Waals surface area contributed by atoms with Crippen LogP contribution in [0.1, 0.15) is 46.1 Å². The highest BCUT2D eigenvalue weighted by Crippen LogP contribution is 2.31. The zero-order valence-electron chi connectivity index (χ0n) is 15.8. The summed E-state index contributed by atoms with van der Waals surface area (Å²) < 4.78 is 38.7. The van der Waals surface area contributed by atoms with Crippen LogP contribution in [-0.2, 0) is 6.18 Å². The van der Waals surface area contributed by atoms with E-state index in [9.17, 15) is 13.2 Å². The lowest BCUT2D eigenvalue weighted by molar-refractivity contribution is -0.137. The quantitative estimate of drug-likeness (QED) is 0.734. The Bertz CT molecular complexity index is 608. The van der Waals surface area contributed by atoms with Gasteiger partial charge in [0.25, 0.3) is 0 Å². The van der Waals surface area contributed by atoms with Crippen LogP contribution in [0.3, 0.4) is 0 Å². The third-order valence-electron chi connectivity index (χ3n) is 4.85. The van der Waals surface area contributed by atoms with Gasteiger partial charge in [0.05, 0.1) is 5.56 Å². The summed E-state index contributed by atoms with van der Waals surface area (Å²) in [7, 11) is 0. The van der Waals surface area contributed by atoms with Crippen molar-refractivity contribution in [2.45, 2.75) is 64.8 Å². The third-order valence-corrected chi connectivity index (χ3v) is 5.17. The topological polar surface area (TPSA) is 18.5 Å². The zero-order chi connectivity index (χ0) is 19.5. The molecular formula is C19H28F3N3S. The van der Waals surface area contributed by atoms with E-state index < -0.39 is 11.7 Å². The molecule has 1 heterocycles. The maximum atomic E-state index is 12.9. The average Bonchev–Trinajstić information content (AvgIpc) is 2.54. The summed E-state index contributed by atoms with van der Waals surface area (Å²) in [5.74, 6) is 0. The summed E-state index contributed by atoms with van der Waals surface area (Å²) in [6, 6.07) is 6.18. The molecule has 0 amide bonds. The summed E-state index contributed by atoms with van der Waals surface area (Å²) in [6.07, 6.45) is -2.36. The molecule has 0 radical (unpaired) electrons. The Morgan fingerprint density at radius 3 is 2.31 bits per heavy atom. The number of thiocarbonyl (C=S) groups is 1. The van der Waals surface area contributed by atoms with E-state index in [0.717, 1.165) is 38.1 Å². The summed E-state index contributed by atoms with van der Waals surface area (Å²) in [6.45, 7) is 10.5. The Morgan fingerprint density at radius 1 is 1.19 bits per heavy atom. The van der Waals surface area contributed by atoms with Gasteiger partial charge in [0, 0.05) is 36.9 Å². The number of nitrogens with one attached hydrogen (secondary N) is 1. The second-order valence-corrected chi connectivity index (χ2v) is 7.76. The second kappa shape index (κ2) is 8.57. The minimum atomic E-state index is -4.36. The summed E-state index contributed by atoms with van der Waals surface area (Å²) in [5, 5.41) is 3.50. The van der Waals surface area contributed by atoms with Crippen LogP contribution in [0.25, 0.3) is 0 Å². The van der Waals surface area contributed by atoms with Gasteiger partial charge in [0.2, 0.25) is 0 Å². The molecule has 0 bridgehead atoms. The Balaban J connectivity index is 2.08. The smallest absolute Gasteiger partial charge is 0.344 e. The highest BCUT2D eigenvalue weighted by molar-refractivity contribution is 7.80. The van der Waals surface area contributed by atoms with Crippen molar-refractivity contribution in [1.29, 1.82) is 0 Å². The van der Waals surface area contributed by atoms with Crippen LogP contribution in [0.4, 0.5) is 18.9 Å². The Morgan fingerprint density at radius 2 is 1.81 bits per heavy atom. The molecule has 1 N–H and O–H groups in total. The third kappa shape index (κ3) is 5.33. The molecule has 0 unspecified atom stereocenters. The highest BCUT2D eigenvalue weighted by Gasteiger charge is 2.31. The lowest BCUT2D eigenvalue weighted by atomic mass is 10.0. The summed E-state index contributed by atoms with van der Waals surface area (Å²) in [5.41, 5.74) is -0.304. The van der Waals surface area contributed by atoms with Crippen molar-refractivity contribution in [2.75, 3.05) is 18.4 Å². The minimum absolute atomic E-state index is 0.177. The molecule has 26 heavy (non-hydrogen) atoms. The van der Waals surface area contributed by atoms with E-state index in [4.69, 9.17) is 12.2 Å². The second-order valence-electron chi connectivity index (χ2n) is 7.37. The SMILES string of the molecule is CC(C)N1CCC(N(C(=S)Nc2cccc(C(F)(F)F)c2)C(C)C)CC1. The van der Waals surface area contributed by atoms with Crippen LogP contribution < -0.4 is 5.32 Å². The Labute approximate surface area is 159 Å². The van der Waals surface area contributed by atoms with Crippen molar-refractivity contribution in [2.24, 2.45) is 0 Å². The molecule has 1 aliphatic heterocycles. The van der Waals surface area contributed by atoms with E-state index in [1.807, 2.05) is 0 Å². The fourth-order valence-corrected chi connectivity index (χ4v) is 3.94. The molecule has 1 aromatic rings. The predicted molar refractivity (Wildman–Crippen MR) is 104 cm³/mol. The van der Waals surface area contributed by atoms with E-state index >= 15 is 0 Å². The number of hydrogen-bond donors (Lipinski definition) is 1. The maximum absolute atomic E-state index is 12.9. The molecule has 7 heteroatoms. The fraction of sp³-hybridized carbons (Fsp3) is 0.632. The van der Waals surface area contributed by atoms with Gasteiger partial charge in [-0.1, -0.05) is 6.07 Å². The van der Waals surface area contributed by atoms with Crippen LogP contribution in [0.5, 0.6) is 0 Å². The average molecular weight is 388 g/mol. The lowest BCUT2D eigenvalue weighted by Gasteiger charge is -2.43. The molecule has 0 saturated carbocycles. The van der Waals surface area contributed by atoms with Gasteiger partial charge >= 0.3 is 6.18 Å². The highest BCUT2D eigenvalue weighted by atomic mass is 32.1. The first kappa shape index (κ1) is 21.0. The maximum Gasteiger partial charge on any atom is 0.416 e. The van der Waals surface area contributed by atoms with Crippen molar-refractivity contribution in [3.8, 4) is 0 Å². The van der Waals surface area contributed by atoms with Crippen LogP contribution in [0.2, 0.25) is 0 Å². The van der Waals surface area contributed by atoms with Crippen LogP contribution >= 0.6 is 12.2 Å². The van der Waals surface area contributed by atoms with Gasteiger partial charge in [-0.05, 0) is 71.0 Å². The van der Waals surface area contributed by atoms with E-state index in [0.29, 0.717) is 22.9 Å². The van der Waals surface area contributed by atoms with Gasteiger partial charge in [0.1, 0.15) is 0 Å². The van der Waals surface area contributed by atoms with Crippen molar-refractivity contribution >= 4 is 23.0 Å². The molecule has 0 aliphatic carbocycles.